The highest BCUT2D eigenvalue weighted by Gasteiger charge is 2.52. The predicted molar refractivity (Wildman–Crippen MR) is 94.7 cm³/mol. The van der Waals surface area contributed by atoms with Crippen LogP contribution in [0.2, 0.25) is 0 Å². The lowest BCUT2D eigenvalue weighted by atomic mass is 10.2. The molecule has 0 atom stereocenters. The van der Waals surface area contributed by atoms with E-state index in [0.717, 1.165) is 5.57 Å². The first-order chi connectivity index (χ1) is 10.5. The minimum Gasteiger partial charge on any atom is -0.466 e. The summed E-state index contributed by atoms with van der Waals surface area (Å²) in [6.07, 6.45) is -0.243. The molecule has 0 aliphatic carbocycles. The Hall–Kier alpha value is -0.563. The van der Waals surface area contributed by atoms with Gasteiger partial charge in [0.1, 0.15) is 0 Å². The van der Waals surface area contributed by atoms with Gasteiger partial charge >= 0.3 is 9.05 Å². The maximum Gasteiger partial charge on any atom is 0.752 e. The second-order valence-electron chi connectivity index (χ2n) is 7.09. The van der Waals surface area contributed by atoms with Crippen LogP contribution in [0.5, 0.6) is 0 Å². The molecule has 138 valence electrons. The van der Waals surface area contributed by atoms with E-state index in [4.69, 9.17) is 22.4 Å². The fourth-order valence-electron chi connectivity index (χ4n) is 1.65. The average Bonchev–Trinajstić information content (AvgIpc) is 2.30. The second kappa shape index (κ2) is 10.3. The Kier molecular flexibility index (Phi) is 10.1. The Balaban J connectivity index is 5.46. The molecule has 0 radical (unpaired) electrons. The Bertz CT molecular complexity index is 333. The molecule has 0 saturated carbocycles. The third kappa shape index (κ3) is 10.0. The van der Waals surface area contributed by atoms with E-state index in [1.54, 1.807) is 0 Å². The van der Waals surface area contributed by atoms with Gasteiger partial charge in [0.25, 0.3) is 5.95 Å². The van der Waals surface area contributed by atoms with Gasteiger partial charge in [-0.2, -0.15) is 0 Å². The van der Waals surface area contributed by atoms with Crippen LogP contribution in [0.25, 0.3) is 0 Å². The van der Waals surface area contributed by atoms with Crippen molar-refractivity contribution in [2.24, 2.45) is 5.92 Å². The largest absolute Gasteiger partial charge is 0.752 e. The van der Waals surface area contributed by atoms with E-state index in [0.29, 0.717) is 18.5 Å². The molecule has 6 heteroatoms. The van der Waals surface area contributed by atoms with Crippen molar-refractivity contribution in [1.82, 2.24) is 0 Å². The Morgan fingerprint density at radius 3 is 1.39 bits per heavy atom. The van der Waals surface area contributed by atoms with E-state index in [2.05, 4.69) is 13.8 Å². The van der Waals surface area contributed by atoms with E-state index < -0.39 is 9.05 Å². The van der Waals surface area contributed by atoms with Gasteiger partial charge in [0, 0.05) is 23.9 Å². The molecule has 5 nitrogen and oxygen atoms in total. The molecular weight excluding hydrogens is 312 g/mol. The summed E-state index contributed by atoms with van der Waals surface area (Å²) in [4.78, 5) is 0. The highest BCUT2D eigenvalue weighted by atomic mass is 28.4. The summed E-state index contributed by atoms with van der Waals surface area (Å²) in [5, 5.41) is 0. The molecule has 0 aromatic rings. The molecule has 0 amide bonds. The molecule has 0 aromatic carbocycles. The van der Waals surface area contributed by atoms with Gasteiger partial charge in [0.15, 0.2) is 0 Å². The van der Waals surface area contributed by atoms with Crippen molar-refractivity contribution in [3.8, 4) is 0 Å². The molecule has 0 N–H and O–H groups in total. The lowest BCUT2D eigenvalue weighted by Crippen LogP contribution is -2.53. The molecule has 0 aliphatic rings. The average molecular weight is 349 g/mol. The fraction of sp³-hybridized carbons (Fsp3) is 0.882. The SMILES string of the molecule is CC(C)=C(OCC(C)C)O[Si](OC(C)C)(OC(C)C)OC(C)C. The highest BCUT2D eigenvalue weighted by molar-refractivity contribution is 6.54. The van der Waals surface area contributed by atoms with Crippen LogP contribution in [0.1, 0.15) is 69.2 Å². The summed E-state index contributed by atoms with van der Waals surface area (Å²) < 4.78 is 29.9. The smallest absolute Gasteiger partial charge is 0.466 e. The van der Waals surface area contributed by atoms with Gasteiger partial charge in [-0.05, 0) is 61.3 Å². The molecule has 0 heterocycles. The van der Waals surface area contributed by atoms with Crippen molar-refractivity contribution in [2.45, 2.75) is 87.5 Å². The Morgan fingerprint density at radius 1 is 0.739 bits per heavy atom. The van der Waals surface area contributed by atoms with Crippen LogP contribution < -0.4 is 0 Å². The van der Waals surface area contributed by atoms with Gasteiger partial charge in [0.05, 0.1) is 6.61 Å². The quantitative estimate of drug-likeness (QED) is 0.402. The third-order valence-electron chi connectivity index (χ3n) is 2.31. The van der Waals surface area contributed by atoms with Crippen LogP contribution in [0.15, 0.2) is 11.5 Å². The molecule has 0 spiro atoms. The summed E-state index contributed by atoms with van der Waals surface area (Å²) >= 11 is 0. The van der Waals surface area contributed by atoms with E-state index in [1.165, 1.54) is 0 Å². The molecular formula is C17H36O5Si. The topological polar surface area (TPSA) is 46.2 Å². The lowest BCUT2D eigenvalue weighted by molar-refractivity contribution is -0.0854. The molecule has 0 fully saturated rings. The fourth-order valence-corrected chi connectivity index (χ4v) is 4.19. The van der Waals surface area contributed by atoms with Crippen molar-refractivity contribution >= 4 is 9.05 Å². The van der Waals surface area contributed by atoms with E-state index in [9.17, 15) is 0 Å². The van der Waals surface area contributed by atoms with E-state index in [1.807, 2.05) is 55.4 Å². The second-order valence-corrected chi connectivity index (χ2v) is 9.01. The zero-order chi connectivity index (χ0) is 18.2. The van der Waals surface area contributed by atoms with Gasteiger partial charge in [-0.3, -0.25) is 0 Å². The van der Waals surface area contributed by atoms with Crippen LogP contribution in [0.3, 0.4) is 0 Å². The zero-order valence-electron chi connectivity index (χ0n) is 16.6. The highest BCUT2D eigenvalue weighted by Crippen LogP contribution is 2.24. The maximum atomic E-state index is 6.11. The van der Waals surface area contributed by atoms with Gasteiger partial charge in [0.2, 0.25) is 0 Å². The number of hydrogen-bond donors (Lipinski definition) is 0. The van der Waals surface area contributed by atoms with Crippen LogP contribution >= 0.6 is 0 Å². The summed E-state index contributed by atoms with van der Waals surface area (Å²) in [5.41, 5.74) is 0.926. The molecule has 0 saturated heterocycles. The summed E-state index contributed by atoms with van der Waals surface area (Å²) in [6, 6.07) is 0. The van der Waals surface area contributed by atoms with Crippen molar-refractivity contribution in [3.05, 3.63) is 11.5 Å². The normalized spacial score (nSPS) is 12.4. The van der Waals surface area contributed by atoms with Crippen molar-refractivity contribution < 1.29 is 22.4 Å². The van der Waals surface area contributed by atoms with Crippen LogP contribution in [-0.4, -0.2) is 34.0 Å². The van der Waals surface area contributed by atoms with Crippen molar-refractivity contribution in [2.75, 3.05) is 6.61 Å². The van der Waals surface area contributed by atoms with Crippen LogP contribution in [0.4, 0.5) is 0 Å². The Labute approximate surface area is 143 Å². The number of allylic oxidation sites excluding steroid dienone is 1. The van der Waals surface area contributed by atoms with Gasteiger partial charge < -0.3 is 22.4 Å². The number of rotatable bonds is 11. The van der Waals surface area contributed by atoms with E-state index >= 15 is 0 Å². The van der Waals surface area contributed by atoms with E-state index in [-0.39, 0.29) is 18.3 Å². The molecule has 23 heavy (non-hydrogen) atoms. The number of hydrogen-bond acceptors (Lipinski definition) is 5. The van der Waals surface area contributed by atoms with Gasteiger partial charge in [-0.1, -0.05) is 13.8 Å². The number of ether oxygens (including phenoxy) is 1. The minimum absolute atomic E-state index is 0.0809. The van der Waals surface area contributed by atoms with Crippen LogP contribution in [0, 0.1) is 5.92 Å². The van der Waals surface area contributed by atoms with Gasteiger partial charge in [-0.25, -0.2) is 0 Å². The minimum atomic E-state index is -3.37. The monoisotopic (exact) mass is 348 g/mol. The molecule has 0 aliphatic heterocycles. The standard InChI is InChI=1S/C17H36O5Si/c1-12(2)11-18-17(13(3)4)22-23(19-14(5)6,20-15(7)8)21-16(9)10/h12,14-16H,11H2,1-10H3. The zero-order valence-corrected chi connectivity index (χ0v) is 17.6. The first kappa shape index (κ1) is 22.4. The van der Waals surface area contributed by atoms with Crippen molar-refractivity contribution in [1.29, 1.82) is 0 Å². The summed E-state index contributed by atoms with van der Waals surface area (Å²) in [5.74, 6) is 0.833. The summed E-state index contributed by atoms with van der Waals surface area (Å²) in [7, 11) is -3.37. The first-order valence-corrected chi connectivity index (χ1v) is 10.1. The van der Waals surface area contributed by atoms with Crippen LogP contribution in [-0.2, 0) is 22.4 Å². The third-order valence-corrected chi connectivity index (χ3v) is 5.03. The Morgan fingerprint density at radius 2 is 1.13 bits per heavy atom. The summed E-state index contributed by atoms with van der Waals surface area (Å²) in [6.45, 7) is 20.3. The maximum absolute atomic E-state index is 6.11. The molecule has 0 unspecified atom stereocenters. The predicted octanol–water partition coefficient (Wildman–Crippen LogP) is 4.64. The first-order valence-electron chi connectivity index (χ1n) is 8.50. The lowest BCUT2D eigenvalue weighted by Gasteiger charge is -2.33. The molecule has 0 rings (SSSR count). The van der Waals surface area contributed by atoms with Gasteiger partial charge in [-0.15, -0.1) is 0 Å². The van der Waals surface area contributed by atoms with Crippen molar-refractivity contribution in [3.63, 3.8) is 0 Å². The molecule has 0 bridgehead atoms. The molecule has 0 aromatic heterocycles.